The van der Waals surface area contributed by atoms with Crippen LogP contribution < -0.4 is 11.1 Å². The fourth-order valence-corrected chi connectivity index (χ4v) is 2.68. The van der Waals surface area contributed by atoms with E-state index in [0.717, 1.165) is 17.5 Å². The second-order valence-corrected chi connectivity index (χ2v) is 6.20. The lowest BCUT2D eigenvalue weighted by Gasteiger charge is -2.12. The van der Waals surface area contributed by atoms with Crippen molar-refractivity contribution in [2.75, 3.05) is 11.9 Å². The van der Waals surface area contributed by atoms with E-state index in [1.807, 2.05) is 25.1 Å². The summed E-state index contributed by atoms with van der Waals surface area (Å²) >= 11 is 0. The maximum absolute atomic E-state index is 10.3. The second kappa shape index (κ2) is 8.30. The molecular formula is C21H21N5O. The molecule has 0 spiro atoms. The first-order valence-electron chi connectivity index (χ1n) is 8.77. The number of nitriles is 1. The highest BCUT2D eigenvalue weighted by molar-refractivity contribution is 5.77. The van der Waals surface area contributed by atoms with Crippen molar-refractivity contribution in [1.82, 2.24) is 9.97 Å². The normalized spacial score (nSPS) is 11.6. The van der Waals surface area contributed by atoms with E-state index < -0.39 is 0 Å². The molecule has 136 valence electrons. The Kier molecular flexibility index (Phi) is 5.64. The molecule has 6 heteroatoms. The highest BCUT2D eigenvalue weighted by atomic mass is 16.3. The number of anilines is 1. The van der Waals surface area contributed by atoms with Crippen molar-refractivity contribution in [3.05, 3.63) is 60.3 Å². The van der Waals surface area contributed by atoms with E-state index >= 15 is 0 Å². The van der Waals surface area contributed by atoms with E-state index in [9.17, 15) is 10.4 Å². The third-order valence-electron chi connectivity index (χ3n) is 4.32. The van der Waals surface area contributed by atoms with Gasteiger partial charge < -0.3 is 16.2 Å². The Morgan fingerprint density at radius 1 is 1.19 bits per heavy atom. The summed E-state index contributed by atoms with van der Waals surface area (Å²) in [5.74, 6) is 1.13. The van der Waals surface area contributed by atoms with Crippen LogP contribution in [-0.4, -0.2) is 27.7 Å². The van der Waals surface area contributed by atoms with Gasteiger partial charge in [0.2, 0.25) is 0 Å². The highest BCUT2D eigenvalue weighted by Gasteiger charge is 2.12. The largest absolute Gasteiger partial charge is 0.507 e. The van der Waals surface area contributed by atoms with Gasteiger partial charge in [-0.15, -0.1) is 0 Å². The molecule has 1 aromatic heterocycles. The number of nitrogens with zero attached hydrogens (tertiary/aromatic N) is 3. The number of rotatable bonds is 6. The molecule has 3 aromatic rings. The molecule has 0 aliphatic rings. The smallest absolute Gasteiger partial charge is 0.165 e. The van der Waals surface area contributed by atoms with Crippen LogP contribution in [-0.2, 0) is 0 Å². The summed E-state index contributed by atoms with van der Waals surface area (Å²) in [6, 6.07) is 16.5. The van der Waals surface area contributed by atoms with Crippen LogP contribution in [0.3, 0.4) is 0 Å². The zero-order valence-electron chi connectivity index (χ0n) is 15.1. The molecule has 1 atom stereocenters. The molecule has 0 aliphatic carbocycles. The van der Waals surface area contributed by atoms with Crippen LogP contribution in [0.15, 0.2) is 54.7 Å². The minimum absolute atomic E-state index is 0.0441. The number of hydrogen-bond donors (Lipinski definition) is 3. The van der Waals surface area contributed by atoms with Crippen molar-refractivity contribution in [2.45, 2.75) is 19.4 Å². The van der Waals surface area contributed by atoms with Crippen LogP contribution >= 0.6 is 0 Å². The summed E-state index contributed by atoms with van der Waals surface area (Å²) in [5.41, 5.74) is 8.62. The molecule has 2 aromatic carbocycles. The van der Waals surface area contributed by atoms with Crippen LogP contribution in [0.5, 0.6) is 5.75 Å². The zero-order chi connectivity index (χ0) is 19.2. The zero-order valence-corrected chi connectivity index (χ0v) is 15.1. The molecule has 0 amide bonds. The summed E-state index contributed by atoms with van der Waals surface area (Å²) in [6.07, 6.45) is 2.50. The number of benzene rings is 2. The van der Waals surface area contributed by atoms with Gasteiger partial charge >= 0.3 is 0 Å². The van der Waals surface area contributed by atoms with Gasteiger partial charge in [-0.05, 0) is 41.8 Å². The van der Waals surface area contributed by atoms with Crippen LogP contribution in [0.2, 0.25) is 0 Å². The topological polar surface area (TPSA) is 108 Å². The maximum atomic E-state index is 10.3. The van der Waals surface area contributed by atoms with E-state index in [0.29, 0.717) is 29.3 Å². The molecular weight excluding hydrogens is 338 g/mol. The molecule has 0 bridgehead atoms. The van der Waals surface area contributed by atoms with E-state index in [4.69, 9.17) is 5.73 Å². The number of aromatic nitrogens is 2. The predicted octanol–water partition coefficient (Wildman–Crippen LogP) is 3.54. The molecule has 0 saturated carbocycles. The van der Waals surface area contributed by atoms with Crippen molar-refractivity contribution < 1.29 is 5.11 Å². The first-order chi connectivity index (χ1) is 13.1. The van der Waals surface area contributed by atoms with E-state index in [1.54, 1.807) is 36.5 Å². The Bertz CT molecular complexity index is 980. The molecule has 0 aliphatic heterocycles. The van der Waals surface area contributed by atoms with E-state index in [2.05, 4.69) is 21.4 Å². The monoisotopic (exact) mass is 359 g/mol. The Hall–Kier alpha value is -3.43. The van der Waals surface area contributed by atoms with Gasteiger partial charge in [-0.3, -0.25) is 0 Å². The molecule has 3 rings (SSSR count). The molecule has 0 saturated heterocycles. The Morgan fingerprint density at radius 3 is 2.78 bits per heavy atom. The van der Waals surface area contributed by atoms with Crippen LogP contribution in [0.25, 0.3) is 22.5 Å². The molecule has 27 heavy (non-hydrogen) atoms. The quantitative estimate of drug-likeness (QED) is 0.621. The lowest BCUT2D eigenvalue weighted by atomic mass is 9.98. The number of aromatic hydroxyl groups is 1. The van der Waals surface area contributed by atoms with Gasteiger partial charge in [-0.2, -0.15) is 5.26 Å². The summed E-state index contributed by atoms with van der Waals surface area (Å²) < 4.78 is 0. The lowest BCUT2D eigenvalue weighted by Crippen LogP contribution is -2.28. The number of phenolic OH excluding ortho intramolecular Hbond substituents is 1. The molecule has 4 N–H and O–H groups in total. The first kappa shape index (κ1) is 18.4. The minimum Gasteiger partial charge on any atom is -0.507 e. The van der Waals surface area contributed by atoms with Gasteiger partial charge in [-0.1, -0.05) is 31.2 Å². The Balaban J connectivity index is 1.97. The fourth-order valence-electron chi connectivity index (χ4n) is 2.68. The molecule has 6 nitrogen and oxygen atoms in total. The van der Waals surface area contributed by atoms with Crippen molar-refractivity contribution >= 4 is 5.82 Å². The lowest BCUT2D eigenvalue weighted by molar-refractivity contribution is 0.477. The van der Waals surface area contributed by atoms with E-state index in [1.165, 1.54) is 0 Å². The number of nitrogens with one attached hydrogen (secondary N) is 1. The van der Waals surface area contributed by atoms with Crippen molar-refractivity contribution in [3.63, 3.8) is 0 Å². The summed E-state index contributed by atoms with van der Waals surface area (Å²) in [4.78, 5) is 8.77. The number of nitrogens with two attached hydrogens (primary N) is 1. The van der Waals surface area contributed by atoms with Crippen molar-refractivity contribution in [3.8, 4) is 34.3 Å². The summed E-state index contributed by atoms with van der Waals surface area (Å²) in [7, 11) is 0. The van der Waals surface area contributed by atoms with Gasteiger partial charge in [0.1, 0.15) is 11.6 Å². The molecule has 0 radical (unpaired) electrons. The Labute approximate surface area is 158 Å². The molecule has 0 fully saturated rings. The SMILES string of the molecule is CCC(N)CNc1ccnc(-c2cc(-c3ccccc3C#N)ccc2O)n1. The second-order valence-electron chi connectivity index (χ2n) is 6.20. The third-order valence-corrected chi connectivity index (χ3v) is 4.32. The Morgan fingerprint density at radius 2 is 2.00 bits per heavy atom. The third kappa shape index (κ3) is 4.22. The summed E-state index contributed by atoms with van der Waals surface area (Å²) in [6.45, 7) is 2.63. The van der Waals surface area contributed by atoms with Gasteiger partial charge in [0.05, 0.1) is 17.2 Å². The van der Waals surface area contributed by atoms with E-state index in [-0.39, 0.29) is 11.8 Å². The predicted molar refractivity (Wildman–Crippen MR) is 106 cm³/mol. The van der Waals surface area contributed by atoms with Gasteiger partial charge in [-0.25, -0.2) is 9.97 Å². The number of phenols is 1. The average Bonchev–Trinajstić information content (AvgIpc) is 2.72. The average molecular weight is 359 g/mol. The maximum Gasteiger partial charge on any atom is 0.165 e. The number of hydrogen-bond acceptors (Lipinski definition) is 6. The molecule has 1 heterocycles. The fraction of sp³-hybridized carbons (Fsp3) is 0.190. The minimum atomic E-state index is 0.0441. The van der Waals surface area contributed by atoms with Crippen LogP contribution in [0.1, 0.15) is 18.9 Å². The van der Waals surface area contributed by atoms with Crippen LogP contribution in [0, 0.1) is 11.3 Å². The van der Waals surface area contributed by atoms with Crippen LogP contribution in [0.4, 0.5) is 5.82 Å². The standard InChI is InChI=1S/C21H21N5O/c1-2-16(23)13-25-20-9-10-24-21(26-20)18-11-14(7-8-19(18)27)17-6-4-3-5-15(17)12-22/h3-11,16,27H,2,13,23H2,1H3,(H,24,25,26). The van der Waals surface area contributed by atoms with Gasteiger partial charge in [0, 0.05) is 18.8 Å². The molecule has 1 unspecified atom stereocenters. The highest BCUT2D eigenvalue weighted by Crippen LogP contribution is 2.33. The van der Waals surface area contributed by atoms with Crippen molar-refractivity contribution in [2.24, 2.45) is 5.73 Å². The first-order valence-corrected chi connectivity index (χ1v) is 8.77. The van der Waals surface area contributed by atoms with Crippen molar-refractivity contribution in [1.29, 1.82) is 5.26 Å². The summed E-state index contributed by atoms with van der Waals surface area (Å²) in [5, 5.41) is 22.9. The van der Waals surface area contributed by atoms with Gasteiger partial charge in [0.25, 0.3) is 0 Å². The van der Waals surface area contributed by atoms with Gasteiger partial charge in [0.15, 0.2) is 5.82 Å².